The zero-order valence-electron chi connectivity index (χ0n) is 34.9. The third-order valence-electron chi connectivity index (χ3n) is 14.5. The van der Waals surface area contributed by atoms with Gasteiger partial charge in [0, 0.05) is 28.2 Å². The summed E-state index contributed by atoms with van der Waals surface area (Å²) in [7, 11) is 0. The fraction of sp³-hybridized carbons (Fsp3) is 0.0678. The van der Waals surface area contributed by atoms with Gasteiger partial charge in [-0.2, -0.15) is 0 Å². The molecule has 0 bridgehead atoms. The summed E-state index contributed by atoms with van der Waals surface area (Å²) in [6.45, 7) is 4.74. The van der Waals surface area contributed by atoms with E-state index in [-0.39, 0.29) is 5.41 Å². The van der Waals surface area contributed by atoms with Gasteiger partial charge in [0.05, 0.1) is 27.5 Å². The molecule has 0 atom stereocenters. The normalized spacial score (nSPS) is 14.4. The van der Waals surface area contributed by atoms with E-state index in [0.717, 1.165) is 50.6 Å². The van der Waals surface area contributed by atoms with Gasteiger partial charge >= 0.3 is 0 Å². The van der Waals surface area contributed by atoms with Crippen molar-refractivity contribution >= 4 is 44.9 Å². The lowest BCUT2D eigenvalue weighted by molar-refractivity contribution is 0.660. The summed E-state index contributed by atoms with van der Waals surface area (Å²) in [5.41, 5.74) is 24.1. The Labute approximate surface area is 365 Å². The summed E-state index contributed by atoms with van der Waals surface area (Å²) < 4.78 is 4.58. The van der Waals surface area contributed by atoms with Crippen LogP contribution in [0.5, 0.6) is 0 Å². The zero-order chi connectivity index (χ0) is 41.6. The summed E-state index contributed by atoms with van der Waals surface area (Å²) >= 11 is 0. The smallest absolute Gasteiger partial charge is 0.220 e. The van der Waals surface area contributed by atoms with E-state index in [9.17, 15) is 0 Å². The van der Waals surface area contributed by atoms with Gasteiger partial charge in [-0.25, -0.2) is 4.98 Å². The summed E-state index contributed by atoms with van der Waals surface area (Å²) in [5, 5.41) is 0. The van der Waals surface area contributed by atoms with Crippen molar-refractivity contribution < 1.29 is 0 Å². The van der Waals surface area contributed by atoms with Gasteiger partial charge in [0.1, 0.15) is 0 Å². The maximum Gasteiger partial charge on any atom is 0.220 e. The topological polar surface area (TPSA) is 25.5 Å². The minimum Gasteiger partial charge on any atom is -0.310 e. The molecule has 0 saturated heterocycles. The van der Waals surface area contributed by atoms with E-state index < -0.39 is 5.41 Å². The summed E-state index contributed by atoms with van der Waals surface area (Å²) in [6, 6.07) is 76.5. The van der Waals surface area contributed by atoms with Crippen LogP contribution in [0.4, 0.5) is 17.1 Å². The number of anilines is 3. The molecule has 0 fully saturated rings. The number of aromatic nitrogens is 3. The number of hydrogen-bond acceptors (Lipinski definition) is 2. The molecule has 1 spiro atoms. The maximum absolute atomic E-state index is 5.18. The lowest BCUT2D eigenvalue weighted by Gasteiger charge is -2.32. The van der Waals surface area contributed by atoms with E-state index in [1.165, 1.54) is 66.8 Å². The number of rotatable bonds is 4. The Morgan fingerprint density at radius 1 is 0.381 bits per heavy atom. The Kier molecular flexibility index (Phi) is 6.80. The van der Waals surface area contributed by atoms with Crippen LogP contribution in [-0.2, 0) is 10.8 Å². The van der Waals surface area contributed by atoms with Crippen LogP contribution >= 0.6 is 0 Å². The van der Waals surface area contributed by atoms with Crippen LogP contribution in [0.2, 0.25) is 0 Å². The number of benzene rings is 9. The Morgan fingerprint density at radius 2 is 0.825 bits per heavy atom. The molecular weight excluding hydrogens is 765 g/mol. The highest BCUT2D eigenvalue weighted by Gasteiger charge is 2.51. The van der Waals surface area contributed by atoms with Gasteiger partial charge in [-0.3, -0.25) is 8.97 Å². The summed E-state index contributed by atoms with van der Waals surface area (Å²) in [6.07, 6.45) is 0. The van der Waals surface area contributed by atoms with Crippen molar-refractivity contribution in [2.75, 3.05) is 4.90 Å². The lowest BCUT2D eigenvalue weighted by atomic mass is 9.70. The van der Waals surface area contributed by atoms with Crippen molar-refractivity contribution in [2.24, 2.45) is 0 Å². The highest BCUT2D eigenvalue weighted by atomic mass is 15.2. The van der Waals surface area contributed by atoms with E-state index in [2.05, 4.69) is 234 Å². The van der Waals surface area contributed by atoms with E-state index in [4.69, 9.17) is 4.98 Å². The summed E-state index contributed by atoms with van der Waals surface area (Å²) in [5.74, 6) is 0.906. The van der Waals surface area contributed by atoms with Crippen molar-refractivity contribution in [2.45, 2.75) is 24.7 Å². The monoisotopic (exact) mass is 804 g/mol. The second-order valence-corrected chi connectivity index (χ2v) is 17.9. The maximum atomic E-state index is 5.18. The lowest BCUT2D eigenvalue weighted by Crippen LogP contribution is -2.26. The predicted molar refractivity (Wildman–Crippen MR) is 258 cm³/mol. The van der Waals surface area contributed by atoms with Crippen LogP contribution in [0.3, 0.4) is 0 Å². The van der Waals surface area contributed by atoms with Gasteiger partial charge in [0.25, 0.3) is 0 Å². The van der Waals surface area contributed by atoms with Crippen LogP contribution in [0.25, 0.3) is 66.9 Å². The highest BCUT2D eigenvalue weighted by molar-refractivity contribution is 5.97. The number of imidazole rings is 2. The van der Waals surface area contributed by atoms with E-state index >= 15 is 0 Å². The number of nitrogens with zero attached hydrogens (tertiary/aromatic N) is 4. The largest absolute Gasteiger partial charge is 0.310 e. The molecule has 296 valence electrons. The standard InChI is InChI=1S/C59H40N4/c1-58(2)47-19-7-3-15-41(47)45-33-31-39(35-51(45)58)61(37-27-29-38(30-28-37)62-55-25-13-14-26-56(55)63-54-24-12-11-23-53(54)60-57(62)63)40-32-34-46-44-18-6-10-22-50(44)59(52(46)36-40)48-20-8-4-16-42(48)43-17-5-9-21-49(43)59/h3-36H,1-2H3. The molecule has 0 N–H and O–H groups in total. The third-order valence-corrected chi connectivity index (χ3v) is 14.5. The first-order valence-electron chi connectivity index (χ1n) is 22.0. The molecule has 4 heteroatoms. The van der Waals surface area contributed by atoms with E-state index in [0.29, 0.717) is 0 Å². The van der Waals surface area contributed by atoms with Crippen molar-refractivity contribution in [3.8, 4) is 39.1 Å². The van der Waals surface area contributed by atoms with Gasteiger partial charge in [-0.1, -0.05) is 147 Å². The van der Waals surface area contributed by atoms with Gasteiger partial charge < -0.3 is 4.90 Å². The Balaban J connectivity index is 0.996. The average molecular weight is 805 g/mol. The molecule has 3 aliphatic rings. The van der Waals surface area contributed by atoms with Crippen LogP contribution in [0.1, 0.15) is 47.2 Å². The second kappa shape index (κ2) is 12.3. The third kappa shape index (κ3) is 4.42. The molecule has 0 saturated carbocycles. The Bertz CT molecular complexity index is 3670. The molecule has 0 amide bonds. The first-order chi connectivity index (χ1) is 31.0. The van der Waals surface area contributed by atoms with Gasteiger partial charge in [-0.05, 0) is 140 Å². The van der Waals surface area contributed by atoms with Crippen molar-refractivity contribution in [1.29, 1.82) is 0 Å². The molecule has 14 rings (SSSR count). The highest BCUT2D eigenvalue weighted by Crippen LogP contribution is 2.63. The minimum atomic E-state index is -0.444. The zero-order valence-corrected chi connectivity index (χ0v) is 34.9. The van der Waals surface area contributed by atoms with Crippen molar-refractivity contribution in [1.82, 2.24) is 14.0 Å². The second-order valence-electron chi connectivity index (χ2n) is 17.9. The minimum absolute atomic E-state index is 0.146. The first kappa shape index (κ1) is 34.7. The van der Waals surface area contributed by atoms with E-state index in [1.807, 2.05) is 0 Å². The molecule has 2 aromatic heterocycles. The number of para-hydroxylation sites is 4. The van der Waals surface area contributed by atoms with Crippen LogP contribution in [-0.4, -0.2) is 14.0 Å². The number of hydrogen-bond donors (Lipinski definition) is 0. The first-order valence-corrected chi connectivity index (χ1v) is 22.0. The van der Waals surface area contributed by atoms with Crippen LogP contribution < -0.4 is 4.90 Å². The fourth-order valence-electron chi connectivity index (χ4n) is 11.9. The quantitative estimate of drug-likeness (QED) is 0.177. The molecule has 0 unspecified atom stereocenters. The SMILES string of the molecule is CC1(C)c2ccccc2-c2ccc(N(c3ccc(-n4c5ccccc5n5c6ccccc6nc45)cc3)c3ccc4c(c3)C3(c5ccccc5-c5ccccc53)c3ccccc3-4)cc21. The molecule has 2 heterocycles. The van der Waals surface area contributed by atoms with Crippen LogP contribution in [0, 0.1) is 0 Å². The molecule has 4 nitrogen and oxygen atoms in total. The number of fused-ring (bicyclic) bond motifs is 18. The van der Waals surface area contributed by atoms with Gasteiger partial charge in [0.2, 0.25) is 5.78 Å². The van der Waals surface area contributed by atoms with Crippen molar-refractivity contribution in [3.05, 3.63) is 240 Å². The average Bonchev–Trinajstić information content (AvgIpc) is 4.09. The van der Waals surface area contributed by atoms with E-state index in [1.54, 1.807) is 0 Å². The predicted octanol–water partition coefficient (Wildman–Crippen LogP) is 14.6. The Morgan fingerprint density at radius 3 is 1.44 bits per heavy atom. The molecule has 0 aliphatic heterocycles. The van der Waals surface area contributed by atoms with Gasteiger partial charge in [0.15, 0.2) is 0 Å². The van der Waals surface area contributed by atoms with Gasteiger partial charge in [-0.15, -0.1) is 0 Å². The molecule has 3 aliphatic carbocycles. The fourth-order valence-corrected chi connectivity index (χ4v) is 11.9. The molecule has 11 aromatic rings. The molecule has 63 heavy (non-hydrogen) atoms. The Hall–Kier alpha value is -7.95. The molecule has 0 radical (unpaired) electrons. The van der Waals surface area contributed by atoms with Crippen LogP contribution in [0.15, 0.2) is 206 Å². The molecular formula is C59H40N4. The summed E-state index contributed by atoms with van der Waals surface area (Å²) in [4.78, 5) is 7.65. The molecule has 9 aromatic carbocycles. The van der Waals surface area contributed by atoms with Crippen molar-refractivity contribution in [3.63, 3.8) is 0 Å².